The van der Waals surface area contributed by atoms with E-state index in [4.69, 9.17) is 4.74 Å². The SMILES string of the molecule is O=C([C@H]1CCCO1)N1CCN(Cc2ccc(=O)n(CC3CC3)c2)CC1. The summed E-state index contributed by atoms with van der Waals surface area (Å²) < 4.78 is 7.38. The maximum Gasteiger partial charge on any atom is 0.251 e. The smallest absolute Gasteiger partial charge is 0.251 e. The molecule has 0 radical (unpaired) electrons. The summed E-state index contributed by atoms with van der Waals surface area (Å²) in [6.07, 6.45) is 6.16. The molecule has 0 N–H and O–H groups in total. The third kappa shape index (κ3) is 4.12. The number of aromatic nitrogens is 1. The second-order valence-electron chi connectivity index (χ2n) is 7.57. The van der Waals surface area contributed by atoms with E-state index in [0.29, 0.717) is 12.5 Å². The van der Waals surface area contributed by atoms with Crippen molar-refractivity contribution in [1.29, 1.82) is 0 Å². The van der Waals surface area contributed by atoms with Gasteiger partial charge in [-0.15, -0.1) is 0 Å². The molecule has 0 unspecified atom stereocenters. The first-order chi connectivity index (χ1) is 12.2. The van der Waals surface area contributed by atoms with Gasteiger partial charge in [-0.05, 0) is 37.2 Å². The van der Waals surface area contributed by atoms with E-state index < -0.39 is 0 Å². The predicted molar refractivity (Wildman–Crippen MR) is 94.3 cm³/mol. The van der Waals surface area contributed by atoms with Crippen molar-refractivity contribution in [3.05, 3.63) is 34.2 Å². The van der Waals surface area contributed by atoms with Gasteiger partial charge in [0, 0.05) is 58.1 Å². The Morgan fingerprint density at radius 2 is 1.92 bits per heavy atom. The molecule has 1 aromatic rings. The highest BCUT2D eigenvalue weighted by molar-refractivity contribution is 5.81. The van der Waals surface area contributed by atoms with Crippen molar-refractivity contribution in [2.45, 2.75) is 44.9 Å². The van der Waals surface area contributed by atoms with Crippen molar-refractivity contribution < 1.29 is 9.53 Å². The first-order valence-electron chi connectivity index (χ1n) is 9.51. The molecular weight excluding hydrogens is 318 g/mol. The van der Waals surface area contributed by atoms with Crippen molar-refractivity contribution in [2.75, 3.05) is 32.8 Å². The molecule has 1 aromatic heterocycles. The molecule has 0 bridgehead atoms. The minimum Gasteiger partial charge on any atom is -0.368 e. The molecule has 1 atom stereocenters. The normalized spacial score (nSPS) is 24.6. The number of piperazine rings is 1. The molecule has 25 heavy (non-hydrogen) atoms. The summed E-state index contributed by atoms with van der Waals surface area (Å²) in [5.74, 6) is 0.857. The second-order valence-corrected chi connectivity index (χ2v) is 7.57. The first-order valence-corrected chi connectivity index (χ1v) is 9.51. The summed E-state index contributed by atoms with van der Waals surface area (Å²) in [5.41, 5.74) is 1.28. The topological polar surface area (TPSA) is 54.8 Å². The van der Waals surface area contributed by atoms with Crippen molar-refractivity contribution in [3.8, 4) is 0 Å². The third-order valence-electron chi connectivity index (χ3n) is 5.49. The number of carbonyl (C=O) groups excluding carboxylic acids is 1. The lowest BCUT2D eigenvalue weighted by atomic mass is 10.2. The van der Waals surface area contributed by atoms with E-state index in [2.05, 4.69) is 4.90 Å². The number of hydrogen-bond acceptors (Lipinski definition) is 4. The van der Waals surface area contributed by atoms with Gasteiger partial charge < -0.3 is 14.2 Å². The standard InChI is InChI=1S/C19H27N3O3/c23-18-6-5-16(14-22(18)13-15-3-4-15)12-20-7-9-21(10-8-20)19(24)17-2-1-11-25-17/h5-6,14-15,17H,1-4,7-13H2/t17-/m1/s1. The highest BCUT2D eigenvalue weighted by Crippen LogP contribution is 2.30. The minimum atomic E-state index is -0.211. The lowest BCUT2D eigenvalue weighted by Crippen LogP contribution is -2.51. The molecule has 136 valence electrons. The number of carbonyl (C=O) groups is 1. The lowest BCUT2D eigenvalue weighted by Gasteiger charge is -2.35. The molecule has 2 saturated heterocycles. The van der Waals surface area contributed by atoms with Gasteiger partial charge in [-0.3, -0.25) is 14.5 Å². The van der Waals surface area contributed by atoms with E-state index in [1.165, 1.54) is 18.4 Å². The minimum absolute atomic E-state index is 0.0997. The van der Waals surface area contributed by atoms with Gasteiger partial charge in [0.2, 0.25) is 0 Å². The van der Waals surface area contributed by atoms with E-state index in [9.17, 15) is 9.59 Å². The molecule has 4 rings (SSSR count). The lowest BCUT2D eigenvalue weighted by molar-refractivity contribution is -0.142. The van der Waals surface area contributed by atoms with Gasteiger partial charge in [-0.2, -0.15) is 0 Å². The molecule has 6 heteroatoms. The van der Waals surface area contributed by atoms with E-state index in [1.54, 1.807) is 6.07 Å². The fourth-order valence-electron chi connectivity index (χ4n) is 3.76. The molecule has 1 amide bonds. The van der Waals surface area contributed by atoms with Crippen LogP contribution in [0.1, 0.15) is 31.2 Å². The molecule has 2 aliphatic heterocycles. The Kier molecular flexibility index (Phi) is 4.90. The van der Waals surface area contributed by atoms with E-state index in [-0.39, 0.29) is 17.6 Å². The molecule has 3 aliphatic rings. The summed E-state index contributed by atoms with van der Waals surface area (Å²) in [5, 5.41) is 0. The van der Waals surface area contributed by atoms with E-state index in [0.717, 1.165) is 52.1 Å². The first kappa shape index (κ1) is 16.8. The zero-order valence-corrected chi connectivity index (χ0v) is 14.7. The number of rotatable bonds is 5. The van der Waals surface area contributed by atoms with Crippen molar-refractivity contribution in [1.82, 2.24) is 14.4 Å². The van der Waals surface area contributed by atoms with Crippen LogP contribution in [-0.2, 0) is 22.6 Å². The second kappa shape index (κ2) is 7.30. The van der Waals surface area contributed by atoms with Gasteiger partial charge >= 0.3 is 0 Å². The number of ether oxygens (including phenoxy) is 1. The average molecular weight is 345 g/mol. The fourth-order valence-corrected chi connectivity index (χ4v) is 3.76. The van der Waals surface area contributed by atoms with Crippen LogP contribution in [0.4, 0.5) is 0 Å². The predicted octanol–water partition coefficient (Wildman–Crippen LogP) is 1.08. The van der Waals surface area contributed by atoms with Gasteiger partial charge in [0.25, 0.3) is 11.5 Å². The van der Waals surface area contributed by atoms with Crippen LogP contribution in [0.25, 0.3) is 0 Å². The van der Waals surface area contributed by atoms with Crippen LogP contribution in [0.15, 0.2) is 23.1 Å². The Balaban J connectivity index is 1.31. The third-order valence-corrected chi connectivity index (χ3v) is 5.49. The molecular formula is C19H27N3O3. The molecule has 1 aliphatic carbocycles. The van der Waals surface area contributed by atoms with Crippen LogP contribution in [0.5, 0.6) is 0 Å². The Morgan fingerprint density at radius 3 is 2.60 bits per heavy atom. The zero-order valence-electron chi connectivity index (χ0n) is 14.7. The van der Waals surface area contributed by atoms with Gasteiger partial charge in [-0.1, -0.05) is 6.07 Å². The van der Waals surface area contributed by atoms with Crippen LogP contribution in [0.2, 0.25) is 0 Å². The number of amides is 1. The summed E-state index contributed by atoms with van der Waals surface area (Å²) in [6, 6.07) is 3.63. The Labute approximate surface area is 148 Å². The fraction of sp³-hybridized carbons (Fsp3) is 0.684. The monoisotopic (exact) mass is 345 g/mol. The molecule has 6 nitrogen and oxygen atoms in total. The van der Waals surface area contributed by atoms with Crippen molar-refractivity contribution in [2.24, 2.45) is 5.92 Å². The largest absolute Gasteiger partial charge is 0.368 e. The summed E-state index contributed by atoms with van der Waals surface area (Å²) >= 11 is 0. The van der Waals surface area contributed by atoms with Gasteiger partial charge in [0.1, 0.15) is 6.10 Å². The quantitative estimate of drug-likeness (QED) is 0.801. The summed E-state index contributed by atoms with van der Waals surface area (Å²) in [7, 11) is 0. The zero-order chi connectivity index (χ0) is 17.2. The Bertz CT molecular complexity index is 669. The van der Waals surface area contributed by atoms with E-state index >= 15 is 0 Å². The van der Waals surface area contributed by atoms with Crippen LogP contribution in [-0.4, -0.2) is 59.2 Å². The molecule has 3 heterocycles. The maximum atomic E-state index is 12.4. The van der Waals surface area contributed by atoms with Crippen molar-refractivity contribution in [3.63, 3.8) is 0 Å². The van der Waals surface area contributed by atoms with Crippen LogP contribution in [0.3, 0.4) is 0 Å². The highest BCUT2D eigenvalue weighted by Gasteiger charge is 2.30. The number of hydrogen-bond donors (Lipinski definition) is 0. The van der Waals surface area contributed by atoms with Crippen LogP contribution >= 0.6 is 0 Å². The van der Waals surface area contributed by atoms with Gasteiger partial charge in [-0.25, -0.2) is 0 Å². The van der Waals surface area contributed by atoms with Crippen LogP contribution in [0, 0.1) is 5.92 Å². The molecule has 3 fully saturated rings. The number of nitrogens with zero attached hydrogens (tertiary/aromatic N) is 3. The summed E-state index contributed by atoms with van der Waals surface area (Å²) in [6.45, 7) is 5.69. The average Bonchev–Trinajstić information content (AvgIpc) is 3.27. The van der Waals surface area contributed by atoms with Crippen LogP contribution < -0.4 is 5.56 Å². The van der Waals surface area contributed by atoms with E-state index in [1.807, 2.05) is 21.7 Å². The van der Waals surface area contributed by atoms with Crippen molar-refractivity contribution >= 4 is 5.91 Å². The molecule has 0 aromatic carbocycles. The molecule has 0 spiro atoms. The van der Waals surface area contributed by atoms with Gasteiger partial charge in [0.15, 0.2) is 0 Å². The maximum absolute atomic E-state index is 12.4. The Hall–Kier alpha value is -1.66. The Morgan fingerprint density at radius 1 is 1.12 bits per heavy atom. The molecule has 1 saturated carbocycles. The number of pyridine rings is 1. The summed E-state index contributed by atoms with van der Waals surface area (Å²) in [4.78, 5) is 28.7. The highest BCUT2D eigenvalue weighted by atomic mass is 16.5. The van der Waals surface area contributed by atoms with Gasteiger partial charge in [0.05, 0.1) is 0 Å².